The Balaban J connectivity index is 2.23. The fraction of sp³-hybridized carbons (Fsp3) is 0.462. The van der Waals surface area contributed by atoms with Gasteiger partial charge in [-0.2, -0.15) is 0 Å². The Kier molecular flexibility index (Phi) is 3.64. The Labute approximate surface area is 104 Å². The number of hydrogen-bond donors (Lipinski definition) is 1. The van der Waals surface area contributed by atoms with Crippen LogP contribution in [0, 0.1) is 5.92 Å². The van der Waals surface area contributed by atoms with Crippen LogP contribution >= 0.6 is 15.9 Å². The second-order valence-corrected chi connectivity index (χ2v) is 5.30. The van der Waals surface area contributed by atoms with Crippen molar-refractivity contribution >= 4 is 21.9 Å². The van der Waals surface area contributed by atoms with Crippen molar-refractivity contribution in [2.75, 3.05) is 0 Å². The van der Waals surface area contributed by atoms with Gasteiger partial charge in [0.15, 0.2) is 0 Å². The number of hydrogen-bond acceptors (Lipinski definition) is 1. The highest BCUT2D eigenvalue weighted by molar-refractivity contribution is 9.10. The molecule has 1 fully saturated rings. The Morgan fingerprint density at radius 1 is 1.19 bits per heavy atom. The maximum absolute atomic E-state index is 11.2. The van der Waals surface area contributed by atoms with Crippen molar-refractivity contribution in [2.24, 2.45) is 5.92 Å². The molecule has 0 amide bonds. The third-order valence-corrected chi connectivity index (χ3v) is 3.91. The first-order valence-corrected chi connectivity index (χ1v) is 6.46. The minimum absolute atomic E-state index is 0.194. The van der Waals surface area contributed by atoms with Crippen molar-refractivity contribution in [3.05, 3.63) is 34.3 Å². The summed E-state index contributed by atoms with van der Waals surface area (Å²) in [5.74, 6) is -0.651. The summed E-state index contributed by atoms with van der Waals surface area (Å²) in [7, 11) is 0. The minimum Gasteiger partial charge on any atom is -0.481 e. The quantitative estimate of drug-likeness (QED) is 0.896. The van der Waals surface area contributed by atoms with E-state index >= 15 is 0 Å². The molecule has 1 aliphatic rings. The van der Waals surface area contributed by atoms with Crippen LogP contribution in [0.5, 0.6) is 0 Å². The number of rotatable bonds is 2. The molecule has 0 bridgehead atoms. The monoisotopic (exact) mass is 282 g/mol. The molecule has 0 saturated heterocycles. The van der Waals surface area contributed by atoms with Crippen LogP contribution in [0.15, 0.2) is 28.7 Å². The van der Waals surface area contributed by atoms with Crippen LogP contribution in [0.1, 0.15) is 37.2 Å². The standard InChI is InChI=1S/C13H15BrO2/c14-10-7-5-9(6-8-10)11-3-1-2-4-12(11)13(15)16/h5-8,11-12H,1-4H2,(H,15,16)/t11-,12+/m0/s1. The van der Waals surface area contributed by atoms with E-state index in [1.165, 1.54) is 0 Å². The molecule has 0 heterocycles. The van der Waals surface area contributed by atoms with Crippen LogP contribution in [0.3, 0.4) is 0 Å². The van der Waals surface area contributed by atoms with Crippen LogP contribution in [-0.2, 0) is 4.79 Å². The van der Waals surface area contributed by atoms with Crippen LogP contribution < -0.4 is 0 Å². The highest BCUT2D eigenvalue weighted by Gasteiger charge is 2.31. The van der Waals surface area contributed by atoms with Gasteiger partial charge in [-0.3, -0.25) is 4.79 Å². The maximum atomic E-state index is 11.2. The molecule has 0 spiro atoms. The van der Waals surface area contributed by atoms with Gasteiger partial charge in [0.05, 0.1) is 5.92 Å². The molecule has 2 atom stereocenters. The van der Waals surface area contributed by atoms with Crippen molar-refractivity contribution in [3.63, 3.8) is 0 Å². The molecular weight excluding hydrogens is 268 g/mol. The summed E-state index contributed by atoms with van der Waals surface area (Å²) in [4.78, 5) is 11.2. The van der Waals surface area contributed by atoms with Crippen molar-refractivity contribution in [2.45, 2.75) is 31.6 Å². The summed E-state index contributed by atoms with van der Waals surface area (Å²) in [5, 5.41) is 9.22. The van der Waals surface area contributed by atoms with E-state index in [1.807, 2.05) is 24.3 Å². The van der Waals surface area contributed by atoms with Crippen molar-refractivity contribution in [1.29, 1.82) is 0 Å². The van der Waals surface area contributed by atoms with Gasteiger partial charge in [0.25, 0.3) is 0 Å². The third kappa shape index (κ3) is 2.46. The van der Waals surface area contributed by atoms with E-state index < -0.39 is 5.97 Å². The van der Waals surface area contributed by atoms with E-state index in [9.17, 15) is 9.90 Å². The molecule has 2 rings (SSSR count). The fourth-order valence-corrected chi connectivity index (χ4v) is 2.80. The smallest absolute Gasteiger partial charge is 0.307 e. The molecule has 0 aromatic heterocycles. The zero-order valence-electron chi connectivity index (χ0n) is 9.03. The predicted octanol–water partition coefficient (Wildman–Crippen LogP) is 3.81. The van der Waals surface area contributed by atoms with E-state index in [1.54, 1.807) is 0 Å². The normalized spacial score (nSPS) is 25.3. The molecule has 0 radical (unpaired) electrons. The maximum Gasteiger partial charge on any atom is 0.307 e. The average molecular weight is 283 g/mol. The van der Waals surface area contributed by atoms with Crippen LogP contribution in [-0.4, -0.2) is 11.1 Å². The largest absolute Gasteiger partial charge is 0.481 e. The summed E-state index contributed by atoms with van der Waals surface area (Å²) < 4.78 is 1.04. The number of carbonyl (C=O) groups is 1. The molecular formula is C13H15BrO2. The van der Waals surface area contributed by atoms with Gasteiger partial charge in [0.2, 0.25) is 0 Å². The van der Waals surface area contributed by atoms with Gasteiger partial charge in [-0.05, 0) is 36.5 Å². The Bertz CT molecular complexity index is 372. The second kappa shape index (κ2) is 5.00. The topological polar surface area (TPSA) is 37.3 Å². The summed E-state index contributed by atoms with van der Waals surface area (Å²) in [6, 6.07) is 8.05. The van der Waals surface area contributed by atoms with Gasteiger partial charge in [-0.1, -0.05) is 40.9 Å². The summed E-state index contributed by atoms with van der Waals surface area (Å²) in [5.41, 5.74) is 1.16. The third-order valence-electron chi connectivity index (χ3n) is 3.38. The Morgan fingerprint density at radius 2 is 1.81 bits per heavy atom. The van der Waals surface area contributed by atoms with Gasteiger partial charge in [0, 0.05) is 4.47 Å². The van der Waals surface area contributed by atoms with Crippen molar-refractivity contribution in [3.8, 4) is 0 Å². The Morgan fingerprint density at radius 3 is 2.44 bits per heavy atom. The Hall–Kier alpha value is -0.830. The van der Waals surface area contributed by atoms with E-state index in [-0.39, 0.29) is 11.8 Å². The van der Waals surface area contributed by atoms with E-state index in [4.69, 9.17) is 0 Å². The molecule has 1 aromatic carbocycles. The number of carboxylic acids is 1. The van der Waals surface area contributed by atoms with E-state index in [0.29, 0.717) is 0 Å². The molecule has 1 N–H and O–H groups in total. The zero-order valence-corrected chi connectivity index (χ0v) is 10.6. The number of carboxylic acid groups (broad SMARTS) is 1. The molecule has 3 heteroatoms. The van der Waals surface area contributed by atoms with Gasteiger partial charge < -0.3 is 5.11 Å². The average Bonchev–Trinajstić information content (AvgIpc) is 2.30. The summed E-state index contributed by atoms with van der Waals surface area (Å²) >= 11 is 3.40. The molecule has 1 saturated carbocycles. The SMILES string of the molecule is O=C(O)[C@@H]1CCCC[C@H]1c1ccc(Br)cc1. The highest BCUT2D eigenvalue weighted by Crippen LogP contribution is 2.38. The van der Waals surface area contributed by atoms with Gasteiger partial charge >= 0.3 is 5.97 Å². The first kappa shape index (κ1) is 11.6. The zero-order chi connectivity index (χ0) is 11.5. The van der Waals surface area contributed by atoms with Gasteiger partial charge in [-0.15, -0.1) is 0 Å². The molecule has 86 valence electrons. The number of benzene rings is 1. The molecule has 0 aliphatic heterocycles. The molecule has 2 nitrogen and oxygen atoms in total. The molecule has 0 unspecified atom stereocenters. The fourth-order valence-electron chi connectivity index (χ4n) is 2.54. The lowest BCUT2D eigenvalue weighted by Gasteiger charge is -2.28. The van der Waals surface area contributed by atoms with Crippen LogP contribution in [0.2, 0.25) is 0 Å². The molecule has 1 aromatic rings. The van der Waals surface area contributed by atoms with Gasteiger partial charge in [-0.25, -0.2) is 0 Å². The van der Waals surface area contributed by atoms with Crippen molar-refractivity contribution < 1.29 is 9.90 Å². The van der Waals surface area contributed by atoms with Crippen LogP contribution in [0.4, 0.5) is 0 Å². The second-order valence-electron chi connectivity index (χ2n) is 4.39. The first-order chi connectivity index (χ1) is 7.68. The lowest BCUT2D eigenvalue weighted by Crippen LogP contribution is -2.25. The number of halogens is 1. The van der Waals surface area contributed by atoms with Gasteiger partial charge in [0.1, 0.15) is 0 Å². The highest BCUT2D eigenvalue weighted by atomic mass is 79.9. The summed E-state index contributed by atoms with van der Waals surface area (Å²) in [6.45, 7) is 0. The first-order valence-electron chi connectivity index (χ1n) is 5.67. The van der Waals surface area contributed by atoms with Crippen molar-refractivity contribution in [1.82, 2.24) is 0 Å². The molecule has 1 aliphatic carbocycles. The summed E-state index contributed by atoms with van der Waals surface area (Å²) in [6.07, 6.45) is 4.00. The lowest BCUT2D eigenvalue weighted by atomic mass is 9.75. The van der Waals surface area contributed by atoms with E-state index in [2.05, 4.69) is 15.9 Å². The van der Waals surface area contributed by atoms with Crippen LogP contribution in [0.25, 0.3) is 0 Å². The number of aliphatic carboxylic acids is 1. The minimum atomic E-state index is -0.646. The lowest BCUT2D eigenvalue weighted by molar-refractivity contribution is -0.143. The predicted molar refractivity (Wildman–Crippen MR) is 66.5 cm³/mol. The molecule has 16 heavy (non-hydrogen) atoms. The van der Waals surface area contributed by atoms with E-state index in [0.717, 1.165) is 35.7 Å².